The van der Waals surface area contributed by atoms with Crippen LogP contribution in [0, 0.1) is 0 Å². The van der Waals surface area contributed by atoms with E-state index in [9.17, 15) is 9.59 Å². The van der Waals surface area contributed by atoms with Crippen LogP contribution in [0.2, 0.25) is 5.02 Å². The van der Waals surface area contributed by atoms with Crippen molar-refractivity contribution in [3.63, 3.8) is 0 Å². The van der Waals surface area contributed by atoms with E-state index in [1.165, 1.54) is 5.56 Å². The van der Waals surface area contributed by atoms with Gasteiger partial charge in [-0.15, -0.1) is 0 Å². The number of piperazine rings is 1. The van der Waals surface area contributed by atoms with Crippen molar-refractivity contribution in [2.75, 3.05) is 31.5 Å². The number of hydrogen-bond donors (Lipinski definition) is 2. The first-order valence-corrected chi connectivity index (χ1v) is 11.4. The molecule has 1 heterocycles. The zero-order valence-corrected chi connectivity index (χ0v) is 19.0. The summed E-state index contributed by atoms with van der Waals surface area (Å²) in [4.78, 5) is 30.3. The molecule has 33 heavy (non-hydrogen) atoms. The fourth-order valence-electron chi connectivity index (χ4n) is 3.92. The Balaban J connectivity index is 1.40. The first-order valence-electron chi connectivity index (χ1n) is 11.0. The van der Waals surface area contributed by atoms with Crippen LogP contribution in [-0.2, 0) is 11.3 Å². The summed E-state index contributed by atoms with van der Waals surface area (Å²) >= 11 is 5.91. The van der Waals surface area contributed by atoms with Crippen molar-refractivity contribution in [2.24, 2.45) is 0 Å². The minimum Gasteiger partial charge on any atom is -0.338 e. The SMILES string of the molecule is O=C(Nc1ccc(Cl)cc1)N[C@@H](C(=O)N1CCN(Cc2ccccc2)CC1)c1ccccc1. The van der Waals surface area contributed by atoms with Crippen LogP contribution < -0.4 is 10.6 Å². The predicted molar refractivity (Wildman–Crippen MR) is 131 cm³/mol. The van der Waals surface area contributed by atoms with Gasteiger partial charge in [0.25, 0.3) is 0 Å². The third-order valence-corrected chi connectivity index (χ3v) is 5.94. The number of halogens is 1. The van der Waals surface area contributed by atoms with E-state index < -0.39 is 12.1 Å². The van der Waals surface area contributed by atoms with Gasteiger partial charge in [-0.3, -0.25) is 9.69 Å². The minimum absolute atomic E-state index is 0.105. The summed E-state index contributed by atoms with van der Waals surface area (Å²) in [5, 5.41) is 6.22. The molecule has 6 nitrogen and oxygen atoms in total. The molecule has 0 aromatic heterocycles. The molecule has 3 aromatic carbocycles. The number of nitrogens with zero attached hydrogens (tertiary/aromatic N) is 2. The molecule has 0 unspecified atom stereocenters. The number of rotatable bonds is 6. The van der Waals surface area contributed by atoms with E-state index in [1.807, 2.05) is 53.4 Å². The molecule has 4 rings (SSSR count). The second kappa shape index (κ2) is 11.0. The molecule has 1 fully saturated rings. The summed E-state index contributed by atoms with van der Waals surface area (Å²) in [6.45, 7) is 3.69. The van der Waals surface area contributed by atoms with Crippen molar-refractivity contribution < 1.29 is 9.59 Å². The lowest BCUT2D eigenvalue weighted by molar-refractivity contribution is -0.135. The van der Waals surface area contributed by atoms with Crippen molar-refractivity contribution in [1.29, 1.82) is 0 Å². The monoisotopic (exact) mass is 462 g/mol. The number of amides is 3. The van der Waals surface area contributed by atoms with Gasteiger partial charge in [-0.1, -0.05) is 72.3 Å². The quantitative estimate of drug-likeness (QED) is 0.565. The van der Waals surface area contributed by atoms with E-state index >= 15 is 0 Å². The molecule has 170 valence electrons. The highest BCUT2D eigenvalue weighted by Crippen LogP contribution is 2.19. The highest BCUT2D eigenvalue weighted by Gasteiger charge is 2.30. The van der Waals surface area contributed by atoms with Gasteiger partial charge in [-0.25, -0.2) is 4.79 Å². The molecular formula is C26H27ClN4O2. The zero-order valence-electron chi connectivity index (χ0n) is 18.3. The largest absolute Gasteiger partial charge is 0.338 e. The van der Waals surface area contributed by atoms with E-state index in [-0.39, 0.29) is 5.91 Å². The lowest BCUT2D eigenvalue weighted by Gasteiger charge is -2.36. The van der Waals surface area contributed by atoms with Gasteiger partial charge < -0.3 is 15.5 Å². The molecule has 3 aromatic rings. The summed E-state index contributed by atoms with van der Waals surface area (Å²) in [7, 11) is 0. The van der Waals surface area contributed by atoms with E-state index in [0.717, 1.165) is 25.2 Å². The van der Waals surface area contributed by atoms with Crippen molar-refractivity contribution in [2.45, 2.75) is 12.6 Å². The molecule has 2 N–H and O–H groups in total. The van der Waals surface area contributed by atoms with Gasteiger partial charge >= 0.3 is 6.03 Å². The van der Waals surface area contributed by atoms with Crippen molar-refractivity contribution >= 4 is 29.2 Å². The summed E-state index contributed by atoms with van der Waals surface area (Å²) in [6.07, 6.45) is 0. The van der Waals surface area contributed by atoms with Crippen LogP contribution in [0.5, 0.6) is 0 Å². The molecule has 1 aliphatic heterocycles. The van der Waals surface area contributed by atoms with Crippen LogP contribution in [0.1, 0.15) is 17.2 Å². The summed E-state index contributed by atoms with van der Waals surface area (Å²) in [5.74, 6) is -0.105. The summed E-state index contributed by atoms with van der Waals surface area (Å²) in [6, 6.07) is 25.3. The molecule has 1 aliphatic rings. The number of urea groups is 1. The van der Waals surface area contributed by atoms with Gasteiger partial charge in [0, 0.05) is 43.4 Å². The summed E-state index contributed by atoms with van der Waals surface area (Å²) in [5.41, 5.74) is 2.62. The second-order valence-corrected chi connectivity index (χ2v) is 8.47. The molecule has 3 amide bonds. The van der Waals surface area contributed by atoms with Crippen LogP contribution in [0.4, 0.5) is 10.5 Å². The second-order valence-electron chi connectivity index (χ2n) is 8.04. The molecule has 0 radical (unpaired) electrons. The minimum atomic E-state index is -0.765. The maximum absolute atomic E-state index is 13.4. The van der Waals surface area contributed by atoms with Crippen molar-refractivity contribution in [3.8, 4) is 0 Å². The lowest BCUT2D eigenvalue weighted by Crippen LogP contribution is -2.52. The maximum Gasteiger partial charge on any atom is 0.320 e. The van der Waals surface area contributed by atoms with Gasteiger partial charge in [-0.2, -0.15) is 0 Å². The number of hydrogen-bond acceptors (Lipinski definition) is 3. The zero-order chi connectivity index (χ0) is 23.0. The molecule has 0 saturated carbocycles. The van der Waals surface area contributed by atoms with E-state index in [0.29, 0.717) is 23.8 Å². The third kappa shape index (κ3) is 6.34. The Morgan fingerprint density at radius 3 is 2.06 bits per heavy atom. The topological polar surface area (TPSA) is 64.7 Å². The highest BCUT2D eigenvalue weighted by atomic mass is 35.5. The van der Waals surface area contributed by atoms with Crippen LogP contribution in [-0.4, -0.2) is 47.9 Å². The number of carbonyl (C=O) groups excluding carboxylic acids is 2. The Bertz CT molecular complexity index is 1050. The van der Waals surface area contributed by atoms with Gasteiger partial charge in [0.2, 0.25) is 5.91 Å². The fraction of sp³-hybridized carbons (Fsp3) is 0.231. The Hall–Kier alpha value is -3.35. The molecule has 0 bridgehead atoms. The Morgan fingerprint density at radius 1 is 0.818 bits per heavy atom. The number of nitrogens with one attached hydrogen (secondary N) is 2. The fourth-order valence-corrected chi connectivity index (χ4v) is 4.04. The number of anilines is 1. The standard InChI is InChI=1S/C26H27ClN4O2/c27-22-11-13-23(14-12-22)28-26(33)29-24(21-9-5-2-6-10-21)25(32)31-17-15-30(16-18-31)19-20-7-3-1-4-8-20/h1-14,24H,15-19H2,(H2,28,29,33)/t24-/m1/s1. The number of benzene rings is 3. The van der Waals surface area contributed by atoms with E-state index in [4.69, 9.17) is 11.6 Å². The van der Waals surface area contributed by atoms with Crippen LogP contribution >= 0.6 is 11.6 Å². The lowest BCUT2D eigenvalue weighted by atomic mass is 10.1. The third-order valence-electron chi connectivity index (χ3n) is 5.69. The van der Waals surface area contributed by atoms with Gasteiger partial charge in [-0.05, 0) is 35.4 Å². The number of carbonyl (C=O) groups is 2. The van der Waals surface area contributed by atoms with Gasteiger partial charge in [0.15, 0.2) is 0 Å². The summed E-state index contributed by atoms with van der Waals surface area (Å²) < 4.78 is 0. The smallest absolute Gasteiger partial charge is 0.320 e. The first kappa shape index (κ1) is 22.8. The Kier molecular flexibility index (Phi) is 7.60. The highest BCUT2D eigenvalue weighted by molar-refractivity contribution is 6.30. The molecular weight excluding hydrogens is 436 g/mol. The van der Waals surface area contributed by atoms with Gasteiger partial charge in [0.05, 0.1) is 0 Å². The Morgan fingerprint density at radius 2 is 1.42 bits per heavy atom. The maximum atomic E-state index is 13.4. The average molecular weight is 463 g/mol. The molecule has 7 heteroatoms. The van der Waals surface area contributed by atoms with Crippen LogP contribution in [0.3, 0.4) is 0 Å². The van der Waals surface area contributed by atoms with Gasteiger partial charge in [0.1, 0.15) is 6.04 Å². The van der Waals surface area contributed by atoms with Crippen LogP contribution in [0.15, 0.2) is 84.9 Å². The van der Waals surface area contributed by atoms with Crippen LogP contribution in [0.25, 0.3) is 0 Å². The molecule has 0 spiro atoms. The predicted octanol–water partition coefficient (Wildman–Crippen LogP) is 4.55. The molecule has 0 aliphatic carbocycles. The average Bonchev–Trinajstić information content (AvgIpc) is 2.85. The first-order chi connectivity index (χ1) is 16.1. The molecule has 1 saturated heterocycles. The van der Waals surface area contributed by atoms with Crippen molar-refractivity contribution in [1.82, 2.24) is 15.1 Å². The molecule has 1 atom stereocenters. The van der Waals surface area contributed by atoms with Crippen molar-refractivity contribution in [3.05, 3.63) is 101 Å². The normalized spacial score (nSPS) is 15.0. The Labute approximate surface area is 199 Å². The van der Waals surface area contributed by atoms with E-state index in [2.05, 4.69) is 27.7 Å². The van der Waals surface area contributed by atoms with E-state index in [1.54, 1.807) is 24.3 Å².